The van der Waals surface area contributed by atoms with Crippen molar-refractivity contribution in [2.75, 3.05) is 11.4 Å². The van der Waals surface area contributed by atoms with E-state index in [9.17, 15) is 10.1 Å². The van der Waals surface area contributed by atoms with Crippen molar-refractivity contribution in [3.05, 3.63) is 27.9 Å². The number of nitrogens with zero attached hydrogens (tertiary/aromatic N) is 4. The summed E-state index contributed by atoms with van der Waals surface area (Å²) in [4.78, 5) is 16.8. The van der Waals surface area contributed by atoms with Gasteiger partial charge >= 0.3 is 5.69 Å². The highest BCUT2D eigenvalue weighted by Crippen LogP contribution is 2.35. The molecule has 0 bridgehead atoms. The minimum absolute atomic E-state index is 0.0268. The number of hydrogen-bond acceptors (Lipinski definition) is 6. The quantitative estimate of drug-likeness (QED) is 0.662. The van der Waals surface area contributed by atoms with Crippen molar-refractivity contribution in [1.82, 2.24) is 4.98 Å². The van der Waals surface area contributed by atoms with Crippen LogP contribution in [0.4, 0.5) is 11.5 Å². The molecule has 0 saturated carbocycles. The summed E-state index contributed by atoms with van der Waals surface area (Å²) in [7, 11) is 0. The van der Waals surface area contributed by atoms with Gasteiger partial charge in [-0.05, 0) is 32.3 Å². The number of anilines is 1. The fraction of sp³-hybridized carbons (Fsp3) is 0.538. The van der Waals surface area contributed by atoms with Crippen molar-refractivity contribution in [2.24, 2.45) is 5.73 Å². The van der Waals surface area contributed by atoms with Gasteiger partial charge in [0.05, 0.1) is 4.92 Å². The minimum atomic E-state index is -0.532. The van der Waals surface area contributed by atoms with E-state index in [1.165, 1.54) is 12.3 Å². The summed E-state index contributed by atoms with van der Waals surface area (Å²) < 4.78 is 0. The van der Waals surface area contributed by atoms with E-state index in [0.29, 0.717) is 6.54 Å². The Balaban J connectivity index is 2.55. The van der Waals surface area contributed by atoms with E-state index in [4.69, 9.17) is 11.0 Å². The van der Waals surface area contributed by atoms with Crippen molar-refractivity contribution in [3.63, 3.8) is 0 Å². The molecule has 2 N–H and O–H groups in total. The van der Waals surface area contributed by atoms with Gasteiger partial charge in [0.15, 0.2) is 0 Å². The summed E-state index contributed by atoms with van der Waals surface area (Å²) in [5.74, 6) is 0.261. The third kappa shape index (κ3) is 2.42. The smallest absolute Gasteiger partial charge is 0.329 e. The van der Waals surface area contributed by atoms with E-state index < -0.39 is 4.92 Å². The van der Waals surface area contributed by atoms with Crippen molar-refractivity contribution < 1.29 is 4.92 Å². The molecule has 2 atom stereocenters. The second-order valence-electron chi connectivity index (χ2n) is 4.98. The second-order valence-corrected chi connectivity index (χ2v) is 4.98. The van der Waals surface area contributed by atoms with E-state index in [-0.39, 0.29) is 29.2 Å². The van der Waals surface area contributed by atoms with Gasteiger partial charge in [-0.2, -0.15) is 5.26 Å². The van der Waals surface area contributed by atoms with Crippen LogP contribution in [0.1, 0.15) is 31.7 Å². The largest absolute Gasteiger partial charge is 0.344 e. The molecular weight excluding hydrogens is 258 g/mol. The van der Waals surface area contributed by atoms with E-state index in [0.717, 1.165) is 19.3 Å². The number of pyridine rings is 1. The van der Waals surface area contributed by atoms with E-state index in [1.54, 1.807) is 0 Å². The Morgan fingerprint density at radius 3 is 3.00 bits per heavy atom. The lowest BCUT2D eigenvalue weighted by molar-refractivity contribution is -0.384. The molecule has 0 aromatic carbocycles. The Morgan fingerprint density at radius 1 is 1.65 bits per heavy atom. The molecule has 2 rings (SSSR count). The lowest BCUT2D eigenvalue weighted by Gasteiger charge is -2.40. The molecule has 2 heterocycles. The zero-order valence-electron chi connectivity index (χ0n) is 11.3. The molecule has 1 saturated heterocycles. The number of nitriles is 1. The number of nitrogens with two attached hydrogens (primary N) is 1. The number of nitro groups is 1. The lowest BCUT2D eigenvalue weighted by atomic mass is 9.96. The summed E-state index contributed by atoms with van der Waals surface area (Å²) >= 11 is 0. The molecule has 0 amide bonds. The van der Waals surface area contributed by atoms with Gasteiger partial charge in [0.25, 0.3) is 0 Å². The highest BCUT2D eigenvalue weighted by molar-refractivity contribution is 5.66. The summed E-state index contributed by atoms with van der Waals surface area (Å²) in [6.45, 7) is 2.42. The minimum Gasteiger partial charge on any atom is -0.344 e. The summed E-state index contributed by atoms with van der Waals surface area (Å²) in [5, 5.41) is 20.4. The Bertz CT molecular complexity index is 554. The first-order valence-corrected chi connectivity index (χ1v) is 6.62. The van der Waals surface area contributed by atoms with E-state index >= 15 is 0 Å². The van der Waals surface area contributed by atoms with Crippen molar-refractivity contribution in [3.8, 4) is 6.07 Å². The van der Waals surface area contributed by atoms with Gasteiger partial charge in [0, 0.05) is 24.8 Å². The average molecular weight is 275 g/mol. The van der Waals surface area contributed by atoms with Crippen molar-refractivity contribution >= 4 is 11.5 Å². The Labute approximate surface area is 117 Å². The third-order valence-corrected chi connectivity index (χ3v) is 3.75. The van der Waals surface area contributed by atoms with Crippen LogP contribution in [0.2, 0.25) is 0 Å². The first-order valence-electron chi connectivity index (χ1n) is 6.62. The number of hydrogen-bond donors (Lipinski definition) is 1. The average Bonchev–Trinajstić information content (AvgIpc) is 2.45. The van der Waals surface area contributed by atoms with Crippen LogP contribution in [0, 0.1) is 21.4 Å². The molecule has 7 nitrogen and oxygen atoms in total. The second kappa shape index (κ2) is 5.84. The van der Waals surface area contributed by atoms with Crippen LogP contribution < -0.4 is 10.6 Å². The Morgan fingerprint density at radius 2 is 2.40 bits per heavy atom. The van der Waals surface area contributed by atoms with Gasteiger partial charge in [-0.15, -0.1) is 0 Å². The van der Waals surface area contributed by atoms with Gasteiger partial charge in [-0.25, -0.2) is 4.98 Å². The summed E-state index contributed by atoms with van der Waals surface area (Å²) in [5.41, 5.74) is 5.60. The van der Waals surface area contributed by atoms with Crippen LogP contribution >= 0.6 is 0 Å². The fourth-order valence-electron chi connectivity index (χ4n) is 2.80. The molecule has 1 aliphatic heterocycles. The highest BCUT2D eigenvalue weighted by atomic mass is 16.6. The van der Waals surface area contributed by atoms with Crippen molar-refractivity contribution in [2.45, 2.75) is 38.3 Å². The van der Waals surface area contributed by atoms with Crippen LogP contribution in [-0.2, 0) is 0 Å². The monoisotopic (exact) mass is 275 g/mol. The molecule has 2 unspecified atom stereocenters. The molecular formula is C13H17N5O2. The van der Waals surface area contributed by atoms with Crippen LogP contribution in [0.25, 0.3) is 0 Å². The number of aromatic nitrogens is 1. The predicted octanol–water partition coefficient (Wildman–Crippen LogP) is 1.57. The predicted molar refractivity (Wildman–Crippen MR) is 74.2 cm³/mol. The van der Waals surface area contributed by atoms with Gasteiger partial charge in [-0.1, -0.05) is 0 Å². The molecule has 1 aliphatic rings. The van der Waals surface area contributed by atoms with Gasteiger partial charge in [-0.3, -0.25) is 10.1 Å². The maximum Gasteiger partial charge on any atom is 0.329 e. The molecule has 0 radical (unpaired) electrons. The molecule has 20 heavy (non-hydrogen) atoms. The summed E-state index contributed by atoms with van der Waals surface area (Å²) in [6, 6.07) is 3.38. The van der Waals surface area contributed by atoms with Crippen LogP contribution in [0.5, 0.6) is 0 Å². The van der Waals surface area contributed by atoms with Gasteiger partial charge in [0.2, 0.25) is 5.82 Å². The maximum absolute atomic E-state index is 11.3. The first-order chi connectivity index (χ1) is 9.60. The van der Waals surface area contributed by atoms with Crippen LogP contribution in [0.3, 0.4) is 0 Å². The molecule has 7 heteroatoms. The van der Waals surface area contributed by atoms with Crippen LogP contribution in [0.15, 0.2) is 12.3 Å². The van der Waals surface area contributed by atoms with E-state index in [2.05, 4.69) is 4.98 Å². The molecule has 1 aromatic heterocycles. The topological polar surface area (TPSA) is 109 Å². The molecule has 1 fully saturated rings. The fourth-order valence-corrected chi connectivity index (χ4v) is 2.80. The lowest BCUT2D eigenvalue weighted by Crippen LogP contribution is -2.49. The molecule has 1 aromatic rings. The summed E-state index contributed by atoms with van der Waals surface area (Å²) in [6.07, 6.45) is 4.31. The molecule has 106 valence electrons. The zero-order chi connectivity index (χ0) is 14.7. The first kappa shape index (κ1) is 14.2. The molecule has 0 aliphatic carbocycles. The van der Waals surface area contributed by atoms with Gasteiger partial charge < -0.3 is 10.6 Å². The Kier molecular flexibility index (Phi) is 4.15. The Hall–Kier alpha value is -2.20. The van der Waals surface area contributed by atoms with Crippen molar-refractivity contribution in [1.29, 1.82) is 5.26 Å². The SMILES string of the molecule is CC1CCCC(CN)N1c1nccc(C#N)c1[N+](=O)[O-]. The normalized spacial score (nSPS) is 22.4. The number of rotatable bonds is 3. The van der Waals surface area contributed by atoms with E-state index in [1.807, 2.05) is 17.9 Å². The van der Waals surface area contributed by atoms with Gasteiger partial charge in [0.1, 0.15) is 11.6 Å². The number of piperidine rings is 1. The molecule has 0 spiro atoms. The van der Waals surface area contributed by atoms with Crippen LogP contribution in [-0.4, -0.2) is 28.5 Å². The standard InChI is InChI=1S/C13H17N5O2/c1-9-3-2-4-11(8-15)17(9)13-12(18(19)20)10(7-14)5-6-16-13/h5-6,9,11H,2-4,8,15H2,1H3. The maximum atomic E-state index is 11.3. The third-order valence-electron chi connectivity index (χ3n) is 3.75. The highest BCUT2D eigenvalue weighted by Gasteiger charge is 2.34. The zero-order valence-corrected chi connectivity index (χ0v) is 11.3.